The number of halogens is 2. The van der Waals surface area contributed by atoms with Gasteiger partial charge in [0.15, 0.2) is 0 Å². The molecule has 2 heterocycles. The molecule has 0 aliphatic carbocycles. The maximum absolute atomic E-state index is 12.9. The highest BCUT2D eigenvalue weighted by Gasteiger charge is 2.28. The maximum Gasteiger partial charge on any atom is 0.255 e. The van der Waals surface area contributed by atoms with Crippen molar-refractivity contribution in [2.75, 3.05) is 6.54 Å². The summed E-state index contributed by atoms with van der Waals surface area (Å²) in [5.74, 6) is -0.144. The van der Waals surface area contributed by atoms with Crippen LogP contribution in [-0.2, 0) is 20.0 Å². The molecule has 1 amide bonds. The van der Waals surface area contributed by atoms with Crippen LogP contribution < -0.4 is 0 Å². The van der Waals surface area contributed by atoms with E-state index in [1.165, 1.54) is 6.34 Å². The number of aromatic nitrogens is 2. The Balaban J connectivity index is 1.88. The summed E-state index contributed by atoms with van der Waals surface area (Å²) in [6.07, 6.45) is 3.83. The zero-order chi connectivity index (χ0) is 19.6. The predicted molar refractivity (Wildman–Crippen MR) is 110 cm³/mol. The maximum atomic E-state index is 12.9. The quantitative estimate of drug-likeness (QED) is 0.571. The van der Waals surface area contributed by atoms with Crippen molar-refractivity contribution < 1.29 is 4.79 Å². The van der Waals surface area contributed by atoms with E-state index in [2.05, 4.69) is 21.8 Å². The van der Waals surface area contributed by atoms with Crippen LogP contribution in [0.15, 0.2) is 34.4 Å². The summed E-state index contributed by atoms with van der Waals surface area (Å²) in [5, 5.41) is 5.25. The molecule has 27 heavy (non-hydrogen) atoms. The predicted octanol–water partition coefficient (Wildman–Crippen LogP) is 4.02. The van der Waals surface area contributed by atoms with E-state index in [4.69, 9.17) is 23.2 Å². The number of carbonyl (C=O) groups excluding carboxylic acids is 1. The molecule has 3 rings (SSSR count). The second-order valence-corrected chi connectivity index (χ2v) is 7.02. The molecule has 6 nitrogen and oxygen atoms in total. The van der Waals surface area contributed by atoms with Crippen LogP contribution in [0.4, 0.5) is 0 Å². The van der Waals surface area contributed by atoms with Gasteiger partial charge in [0.2, 0.25) is 0 Å². The number of nitrogens with zero attached hydrogens (tertiary/aromatic N) is 5. The van der Waals surface area contributed by atoms with Crippen LogP contribution in [0.3, 0.4) is 0 Å². The number of amides is 1. The van der Waals surface area contributed by atoms with Gasteiger partial charge in [-0.25, -0.2) is 4.99 Å². The topological polar surface area (TPSA) is 62.9 Å². The molecular weight excluding hydrogens is 385 g/mol. The Morgan fingerprint density at radius 1 is 1.37 bits per heavy atom. The molecule has 8 heteroatoms. The van der Waals surface area contributed by atoms with E-state index in [-0.39, 0.29) is 10.9 Å². The van der Waals surface area contributed by atoms with Crippen molar-refractivity contribution in [3.8, 4) is 0 Å². The second-order valence-electron chi connectivity index (χ2n) is 6.23. The van der Waals surface area contributed by atoms with Crippen molar-refractivity contribution in [1.29, 1.82) is 0 Å². The third kappa shape index (κ3) is 3.82. The zero-order valence-electron chi connectivity index (χ0n) is 15.1. The number of hydrogen-bond donors (Lipinski definition) is 0. The summed E-state index contributed by atoms with van der Waals surface area (Å²) in [5.41, 5.74) is 4.41. The van der Waals surface area contributed by atoms with Crippen molar-refractivity contribution in [2.24, 2.45) is 17.0 Å². The number of aliphatic imine (C=N–C) groups is 2. The third-order valence-electron chi connectivity index (χ3n) is 4.46. The van der Waals surface area contributed by atoms with E-state index in [1.807, 2.05) is 18.7 Å². The summed E-state index contributed by atoms with van der Waals surface area (Å²) in [6, 6.07) is 5.08. The SMILES string of the molecule is C=NC=N/C=C(\C)c1c2c(nn1C)CN(C(=O)c1cccc(Cl)c1Cl)CC2. The average molecular weight is 404 g/mol. The fourth-order valence-electron chi connectivity index (χ4n) is 3.28. The van der Waals surface area contributed by atoms with Crippen molar-refractivity contribution in [1.82, 2.24) is 14.7 Å². The highest BCUT2D eigenvalue weighted by molar-refractivity contribution is 6.43. The Labute approximate surface area is 167 Å². The Morgan fingerprint density at radius 3 is 2.89 bits per heavy atom. The summed E-state index contributed by atoms with van der Waals surface area (Å²) < 4.78 is 1.83. The van der Waals surface area contributed by atoms with Crippen molar-refractivity contribution in [2.45, 2.75) is 19.9 Å². The van der Waals surface area contributed by atoms with Crippen LogP contribution >= 0.6 is 23.2 Å². The van der Waals surface area contributed by atoms with Crippen LogP contribution in [0.2, 0.25) is 10.0 Å². The zero-order valence-corrected chi connectivity index (χ0v) is 16.6. The van der Waals surface area contributed by atoms with Gasteiger partial charge < -0.3 is 4.90 Å². The standard InChI is InChI=1S/C19H19Cl2N5O/c1-12(9-23-11-22-2)18-13-7-8-26(10-16(13)24-25(18)3)19(27)14-5-4-6-15(20)17(14)21/h4-6,9,11H,2,7-8,10H2,1,3H3/b12-9+,23-11?. The Morgan fingerprint density at radius 2 is 2.15 bits per heavy atom. The first-order valence-electron chi connectivity index (χ1n) is 8.36. The van der Waals surface area contributed by atoms with E-state index in [9.17, 15) is 4.79 Å². The lowest BCUT2D eigenvalue weighted by Gasteiger charge is -2.27. The summed E-state index contributed by atoms with van der Waals surface area (Å²) in [7, 11) is 1.89. The lowest BCUT2D eigenvalue weighted by Crippen LogP contribution is -2.36. The fraction of sp³-hybridized carbons (Fsp3) is 0.263. The monoisotopic (exact) mass is 403 g/mol. The summed E-state index contributed by atoms with van der Waals surface area (Å²) in [6.45, 7) is 6.35. The molecule has 2 aromatic rings. The summed E-state index contributed by atoms with van der Waals surface area (Å²) in [4.78, 5) is 22.3. The first-order chi connectivity index (χ1) is 12.9. The molecule has 0 N–H and O–H groups in total. The molecule has 0 saturated heterocycles. The van der Waals surface area contributed by atoms with Crippen molar-refractivity contribution in [3.63, 3.8) is 0 Å². The fourth-order valence-corrected chi connectivity index (χ4v) is 3.66. The Bertz CT molecular complexity index is 961. The van der Waals surface area contributed by atoms with Crippen molar-refractivity contribution in [3.05, 3.63) is 57.0 Å². The van der Waals surface area contributed by atoms with Crippen LogP contribution in [0.25, 0.3) is 5.57 Å². The average Bonchev–Trinajstić information content (AvgIpc) is 2.98. The van der Waals surface area contributed by atoms with Gasteiger partial charge >= 0.3 is 0 Å². The number of allylic oxidation sites excluding steroid dienone is 1. The van der Waals surface area contributed by atoms with Gasteiger partial charge in [-0.2, -0.15) is 5.10 Å². The smallest absolute Gasteiger partial charge is 0.255 e. The van der Waals surface area contributed by atoms with Crippen LogP contribution in [0.5, 0.6) is 0 Å². The first-order valence-corrected chi connectivity index (χ1v) is 9.12. The summed E-state index contributed by atoms with van der Waals surface area (Å²) >= 11 is 12.2. The van der Waals surface area contributed by atoms with E-state index in [0.29, 0.717) is 30.1 Å². The largest absolute Gasteiger partial charge is 0.332 e. The molecule has 0 saturated carbocycles. The molecule has 1 aromatic heterocycles. The molecule has 0 radical (unpaired) electrons. The number of hydrogen-bond acceptors (Lipinski definition) is 3. The lowest BCUT2D eigenvalue weighted by molar-refractivity contribution is 0.0732. The van der Waals surface area contributed by atoms with Gasteiger partial charge in [0, 0.05) is 25.4 Å². The molecule has 1 aliphatic heterocycles. The Hall–Kier alpha value is -2.44. The Kier molecular flexibility index (Phi) is 5.77. The molecule has 0 bridgehead atoms. The number of benzene rings is 1. The van der Waals surface area contributed by atoms with Gasteiger partial charge in [-0.05, 0) is 37.8 Å². The molecule has 0 atom stereocenters. The third-order valence-corrected chi connectivity index (χ3v) is 5.28. The first kappa shape index (κ1) is 19.3. The number of rotatable bonds is 4. The minimum Gasteiger partial charge on any atom is -0.332 e. The minimum absolute atomic E-state index is 0.144. The second kappa shape index (κ2) is 8.06. The highest BCUT2D eigenvalue weighted by Crippen LogP contribution is 2.30. The number of carbonyl (C=O) groups is 1. The van der Waals surface area contributed by atoms with Gasteiger partial charge in [-0.3, -0.25) is 14.5 Å². The molecule has 0 unspecified atom stereocenters. The van der Waals surface area contributed by atoms with E-state index >= 15 is 0 Å². The molecule has 0 spiro atoms. The van der Waals surface area contributed by atoms with Crippen LogP contribution in [-0.4, -0.2) is 40.2 Å². The van der Waals surface area contributed by atoms with E-state index < -0.39 is 0 Å². The number of aryl methyl sites for hydroxylation is 1. The van der Waals surface area contributed by atoms with Gasteiger partial charge in [0.05, 0.1) is 33.5 Å². The van der Waals surface area contributed by atoms with Gasteiger partial charge in [-0.1, -0.05) is 29.3 Å². The molecule has 1 aliphatic rings. The van der Waals surface area contributed by atoms with Crippen LogP contribution in [0, 0.1) is 0 Å². The molecular formula is C19H19Cl2N5O. The van der Waals surface area contributed by atoms with Gasteiger partial charge in [0.25, 0.3) is 5.91 Å². The van der Waals surface area contributed by atoms with Crippen LogP contribution in [0.1, 0.15) is 34.2 Å². The normalized spacial score (nSPS) is 14.5. The lowest BCUT2D eigenvalue weighted by atomic mass is 10.0. The van der Waals surface area contributed by atoms with E-state index in [0.717, 1.165) is 22.5 Å². The van der Waals surface area contributed by atoms with E-state index in [1.54, 1.807) is 29.3 Å². The molecule has 140 valence electrons. The van der Waals surface area contributed by atoms with Crippen molar-refractivity contribution >= 4 is 47.7 Å². The highest BCUT2D eigenvalue weighted by atomic mass is 35.5. The minimum atomic E-state index is -0.144. The van der Waals surface area contributed by atoms with Gasteiger partial charge in [-0.15, -0.1) is 0 Å². The van der Waals surface area contributed by atoms with Gasteiger partial charge in [0.1, 0.15) is 6.34 Å². The number of fused-ring (bicyclic) bond motifs is 1. The molecule has 1 aromatic carbocycles. The molecule has 0 fully saturated rings.